The Hall–Kier alpha value is -1.95. The van der Waals surface area contributed by atoms with Crippen molar-refractivity contribution in [2.75, 3.05) is 32.7 Å². The van der Waals surface area contributed by atoms with Gasteiger partial charge in [-0.25, -0.2) is 0 Å². The minimum absolute atomic E-state index is 0. The predicted molar refractivity (Wildman–Crippen MR) is 121 cm³/mol. The minimum atomic E-state index is -0.225. The van der Waals surface area contributed by atoms with Gasteiger partial charge < -0.3 is 14.5 Å². The van der Waals surface area contributed by atoms with E-state index in [0.717, 1.165) is 50.2 Å². The number of carbonyl (C=O) groups is 1. The summed E-state index contributed by atoms with van der Waals surface area (Å²) in [7, 11) is 0. The molecule has 2 aliphatic heterocycles. The highest BCUT2D eigenvalue weighted by Crippen LogP contribution is 2.33. The largest absolute Gasteiger partial charge is 0.368 e. The Kier molecular flexibility index (Phi) is 7.50. The van der Waals surface area contributed by atoms with E-state index in [9.17, 15) is 4.79 Å². The minimum Gasteiger partial charge on any atom is -0.368 e. The van der Waals surface area contributed by atoms with Gasteiger partial charge in [-0.05, 0) is 44.0 Å². The highest BCUT2D eigenvalue weighted by Gasteiger charge is 2.43. The zero-order valence-corrected chi connectivity index (χ0v) is 17.6. The monoisotopic (exact) mass is 429 g/mol. The molecule has 4 rings (SSSR count). The Labute approximate surface area is 185 Å². The Balaban J connectivity index is 0.00000256. The maximum Gasteiger partial charge on any atom is 0.254 e. The van der Waals surface area contributed by atoms with Crippen molar-refractivity contribution in [3.8, 4) is 0 Å². The van der Waals surface area contributed by atoms with Gasteiger partial charge in [-0.2, -0.15) is 0 Å². The van der Waals surface area contributed by atoms with Gasteiger partial charge in [0, 0.05) is 50.1 Å². The van der Waals surface area contributed by atoms with Crippen LogP contribution in [0, 0.1) is 0 Å². The summed E-state index contributed by atoms with van der Waals surface area (Å²) >= 11 is 5.91. The molecule has 1 spiro atoms. The lowest BCUT2D eigenvalue weighted by atomic mass is 9.88. The van der Waals surface area contributed by atoms with E-state index in [2.05, 4.69) is 16.8 Å². The van der Waals surface area contributed by atoms with Crippen molar-refractivity contribution in [2.45, 2.75) is 45.3 Å². The first-order chi connectivity index (χ1) is 14.0. The van der Waals surface area contributed by atoms with E-state index < -0.39 is 0 Å². The Morgan fingerprint density at radius 2 is 1.93 bits per heavy atom. The zero-order chi connectivity index (χ0) is 20.3. The van der Waals surface area contributed by atoms with Crippen molar-refractivity contribution in [1.82, 2.24) is 14.8 Å². The fourth-order valence-electron chi connectivity index (χ4n) is 4.43. The number of halogens is 1. The molecular weight excluding hydrogens is 398 g/mol. The number of aromatic nitrogens is 1. The second kappa shape index (κ2) is 9.90. The predicted octanol–water partition coefficient (Wildman–Crippen LogP) is 4.31. The number of hydrogen-bond donors (Lipinski definition) is 0. The number of likely N-dealkylation sites (tertiary alicyclic amines) is 1. The number of ether oxygens (including phenoxy) is 1. The summed E-state index contributed by atoms with van der Waals surface area (Å²) in [5.74, 6) is 0.108. The van der Waals surface area contributed by atoms with Crippen LogP contribution in [0.25, 0.3) is 0 Å². The summed E-state index contributed by atoms with van der Waals surface area (Å²) in [5.41, 5.74) is 1.60. The third-order valence-corrected chi connectivity index (χ3v) is 6.18. The number of pyridine rings is 1. The lowest BCUT2D eigenvalue weighted by Gasteiger charge is -2.49. The number of benzene rings is 1. The first-order valence-electron chi connectivity index (χ1n) is 10.4. The molecule has 2 saturated heterocycles. The quantitative estimate of drug-likeness (QED) is 0.726. The molecule has 2 aliphatic rings. The van der Waals surface area contributed by atoms with Crippen molar-refractivity contribution in [3.05, 3.63) is 64.9 Å². The van der Waals surface area contributed by atoms with Gasteiger partial charge in [-0.1, -0.05) is 37.2 Å². The van der Waals surface area contributed by atoms with Gasteiger partial charge in [0.05, 0.1) is 23.3 Å². The van der Waals surface area contributed by atoms with Crippen molar-refractivity contribution in [3.63, 3.8) is 0 Å². The van der Waals surface area contributed by atoms with Gasteiger partial charge in [0.1, 0.15) is 0 Å². The van der Waals surface area contributed by atoms with E-state index in [1.54, 1.807) is 6.20 Å². The summed E-state index contributed by atoms with van der Waals surface area (Å²) in [4.78, 5) is 21.8. The van der Waals surface area contributed by atoms with E-state index in [1.807, 2.05) is 47.4 Å². The van der Waals surface area contributed by atoms with E-state index in [4.69, 9.17) is 16.3 Å². The van der Waals surface area contributed by atoms with Gasteiger partial charge in [0.25, 0.3) is 5.91 Å². The van der Waals surface area contributed by atoms with E-state index in [-0.39, 0.29) is 25.0 Å². The number of piperidine rings is 1. The van der Waals surface area contributed by atoms with Crippen molar-refractivity contribution < 1.29 is 9.53 Å². The van der Waals surface area contributed by atoms with Crippen LogP contribution in [0.2, 0.25) is 5.02 Å². The molecule has 0 bridgehead atoms. The summed E-state index contributed by atoms with van der Waals surface area (Å²) in [6.45, 7) is 6.35. The third kappa shape index (κ3) is 5.39. The lowest BCUT2D eigenvalue weighted by Crippen LogP contribution is -2.60. The molecule has 2 aromatic rings. The van der Waals surface area contributed by atoms with Crippen LogP contribution < -0.4 is 0 Å². The molecule has 0 aliphatic carbocycles. The molecule has 1 unspecified atom stereocenters. The van der Waals surface area contributed by atoms with E-state index in [1.165, 1.54) is 0 Å². The normalized spacial score (nSPS) is 21.3. The molecule has 0 N–H and O–H groups in total. The molecule has 3 heterocycles. The smallest absolute Gasteiger partial charge is 0.254 e. The molecule has 6 heteroatoms. The van der Waals surface area contributed by atoms with Crippen LogP contribution in [0.5, 0.6) is 0 Å². The number of amides is 1. The first kappa shape index (κ1) is 22.7. The fourth-order valence-corrected chi connectivity index (χ4v) is 4.54. The van der Waals surface area contributed by atoms with E-state index in [0.29, 0.717) is 18.1 Å². The second-order valence-electron chi connectivity index (χ2n) is 8.22. The molecule has 0 radical (unpaired) electrons. The van der Waals surface area contributed by atoms with Crippen LogP contribution in [0.3, 0.4) is 0 Å². The number of rotatable bonds is 4. The molecule has 162 valence electrons. The fraction of sp³-hybridized carbons (Fsp3) is 0.500. The van der Waals surface area contributed by atoms with Crippen molar-refractivity contribution >= 4 is 17.5 Å². The van der Waals surface area contributed by atoms with Crippen LogP contribution in [-0.2, 0) is 11.2 Å². The average molecular weight is 430 g/mol. The summed E-state index contributed by atoms with van der Waals surface area (Å²) in [5, 5.41) is 0.673. The molecule has 1 aromatic heterocycles. The summed E-state index contributed by atoms with van der Waals surface area (Å²) in [6, 6.07) is 13.4. The first-order valence-corrected chi connectivity index (χ1v) is 10.8. The van der Waals surface area contributed by atoms with Crippen LogP contribution in [0.4, 0.5) is 0 Å². The summed E-state index contributed by atoms with van der Waals surface area (Å²) < 4.78 is 6.41. The third-order valence-electron chi connectivity index (χ3n) is 5.96. The molecular formula is C24H32ClN3O2. The Morgan fingerprint density at radius 3 is 2.60 bits per heavy atom. The number of morpholine rings is 1. The highest BCUT2D eigenvalue weighted by molar-refractivity contribution is 6.30. The van der Waals surface area contributed by atoms with Gasteiger partial charge in [-0.3, -0.25) is 9.78 Å². The van der Waals surface area contributed by atoms with Gasteiger partial charge in [0.2, 0.25) is 0 Å². The molecule has 0 saturated carbocycles. The summed E-state index contributed by atoms with van der Waals surface area (Å²) in [6.07, 6.45) is 4.58. The standard InChI is InChI=1S/C23H28ClN3O2.CH4/c1-18-16-27(22(28)19-5-3-2-4-6-19)17-23(29-18)10-13-26(14-11-23)12-9-21-8-7-20(24)15-25-21;/h2-8,15,18H,9-14,16-17H2,1H3;1H4. The maximum atomic E-state index is 13.0. The van der Waals surface area contributed by atoms with Gasteiger partial charge >= 0.3 is 0 Å². The number of nitrogens with zero attached hydrogens (tertiary/aromatic N) is 3. The van der Waals surface area contributed by atoms with Crippen molar-refractivity contribution in [1.29, 1.82) is 0 Å². The molecule has 2 fully saturated rings. The zero-order valence-electron chi connectivity index (χ0n) is 16.9. The lowest BCUT2D eigenvalue weighted by molar-refractivity contribution is -0.161. The Bertz CT molecular complexity index is 820. The Morgan fingerprint density at radius 1 is 1.20 bits per heavy atom. The van der Waals surface area contributed by atoms with Crippen molar-refractivity contribution in [2.24, 2.45) is 0 Å². The molecule has 1 amide bonds. The number of carbonyl (C=O) groups excluding carboxylic acids is 1. The van der Waals surface area contributed by atoms with Gasteiger partial charge in [-0.15, -0.1) is 0 Å². The second-order valence-corrected chi connectivity index (χ2v) is 8.66. The van der Waals surface area contributed by atoms with Crippen LogP contribution in [0.1, 0.15) is 43.2 Å². The average Bonchev–Trinajstić information content (AvgIpc) is 2.74. The van der Waals surface area contributed by atoms with Gasteiger partial charge in [0.15, 0.2) is 0 Å². The van der Waals surface area contributed by atoms with Crippen LogP contribution >= 0.6 is 11.6 Å². The highest BCUT2D eigenvalue weighted by atomic mass is 35.5. The molecule has 5 nitrogen and oxygen atoms in total. The van der Waals surface area contributed by atoms with Crippen LogP contribution in [-0.4, -0.2) is 65.1 Å². The molecule has 1 aromatic carbocycles. The SMILES string of the molecule is C.CC1CN(C(=O)c2ccccc2)CC2(CCN(CCc3ccc(Cl)cn3)CC2)O1. The topological polar surface area (TPSA) is 45.7 Å². The maximum absolute atomic E-state index is 13.0. The van der Waals surface area contributed by atoms with E-state index >= 15 is 0 Å². The molecule has 30 heavy (non-hydrogen) atoms. The molecule has 1 atom stereocenters. The number of hydrogen-bond acceptors (Lipinski definition) is 4. The van der Waals surface area contributed by atoms with Crippen LogP contribution in [0.15, 0.2) is 48.7 Å².